The average molecular weight is 400 g/mol. The Kier molecular flexibility index (Phi) is 6.75. The van der Waals surface area contributed by atoms with Crippen molar-refractivity contribution in [1.29, 1.82) is 0 Å². The minimum Gasteiger partial charge on any atom is -0.493 e. The van der Waals surface area contributed by atoms with E-state index >= 15 is 0 Å². The number of benzene rings is 2. The molecule has 1 aliphatic heterocycles. The summed E-state index contributed by atoms with van der Waals surface area (Å²) >= 11 is 0. The Hall–Kier alpha value is -2.60. The fourth-order valence-corrected chi connectivity index (χ4v) is 3.73. The van der Waals surface area contributed by atoms with Gasteiger partial charge in [-0.15, -0.1) is 0 Å². The van der Waals surface area contributed by atoms with Gasteiger partial charge in [-0.25, -0.2) is 4.39 Å². The van der Waals surface area contributed by atoms with Crippen molar-refractivity contribution in [2.45, 2.75) is 32.9 Å². The van der Waals surface area contributed by atoms with Crippen molar-refractivity contribution in [3.05, 3.63) is 58.9 Å². The molecule has 0 bridgehead atoms. The summed E-state index contributed by atoms with van der Waals surface area (Å²) < 4.78 is 24.3. The molecule has 5 nitrogen and oxygen atoms in total. The fourth-order valence-electron chi connectivity index (χ4n) is 3.73. The van der Waals surface area contributed by atoms with Gasteiger partial charge in [-0.05, 0) is 47.4 Å². The molecule has 1 aliphatic rings. The SMILES string of the molecule is COc1cc2c(cc1OC)[C@@H](CNC(=O)C(C)C)N(Cc1ccc(F)cc1)CC2. The van der Waals surface area contributed by atoms with Gasteiger partial charge in [0.05, 0.1) is 20.3 Å². The van der Waals surface area contributed by atoms with Crippen LogP contribution in [0.5, 0.6) is 11.5 Å². The highest BCUT2D eigenvalue weighted by Gasteiger charge is 2.29. The lowest BCUT2D eigenvalue weighted by atomic mass is 9.91. The lowest BCUT2D eigenvalue weighted by molar-refractivity contribution is -0.124. The third-order valence-corrected chi connectivity index (χ3v) is 5.41. The highest BCUT2D eigenvalue weighted by atomic mass is 19.1. The highest BCUT2D eigenvalue weighted by molar-refractivity contribution is 5.77. The molecule has 0 aromatic heterocycles. The van der Waals surface area contributed by atoms with Crippen molar-refractivity contribution >= 4 is 5.91 Å². The number of fused-ring (bicyclic) bond motifs is 1. The maximum atomic E-state index is 13.3. The third kappa shape index (κ3) is 4.88. The number of hydrogen-bond donors (Lipinski definition) is 1. The van der Waals surface area contributed by atoms with E-state index in [0.717, 1.165) is 24.1 Å². The van der Waals surface area contributed by atoms with Crippen LogP contribution in [0, 0.1) is 11.7 Å². The second-order valence-corrected chi connectivity index (χ2v) is 7.67. The zero-order valence-electron chi connectivity index (χ0n) is 17.5. The van der Waals surface area contributed by atoms with Crippen LogP contribution in [0.2, 0.25) is 0 Å². The summed E-state index contributed by atoms with van der Waals surface area (Å²) in [5.74, 6) is 1.10. The molecule has 0 saturated heterocycles. The van der Waals surface area contributed by atoms with Crippen molar-refractivity contribution in [3.63, 3.8) is 0 Å². The van der Waals surface area contributed by atoms with Gasteiger partial charge >= 0.3 is 0 Å². The number of nitrogens with zero attached hydrogens (tertiary/aromatic N) is 1. The molecule has 0 spiro atoms. The molecular formula is C23H29FN2O3. The quantitative estimate of drug-likeness (QED) is 0.770. The first kappa shape index (κ1) is 21.1. The number of nitrogens with one attached hydrogen (secondary N) is 1. The molecular weight excluding hydrogens is 371 g/mol. The Balaban J connectivity index is 1.91. The van der Waals surface area contributed by atoms with E-state index in [1.165, 1.54) is 17.7 Å². The number of carbonyl (C=O) groups excluding carboxylic acids is 1. The molecule has 0 unspecified atom stereocenters. The van der Waals surface area contributed by atoms with Crippen LogP contribution in [-0.4, -0.2) is 38.1 Å². The fraction of sp³-hybridized carbons (Fsp3) is 0.435. The summed E-state index contributed by atoms with van der Waals surface area (Å²) in [5, 5.41) is 3.07. The topological polar surface area (TPSA) is 50.8 Å². The first-order valence-electron chi connectivity index (χ1n) is 9.94. The molecule has 0 aliphatic carbocycles. The Morgan fingerprint density at radius 1 is 1.17 bits per heavy atom. The van der Waals surface area contributed by atoms with Crippen LogP contribution in [0.25, 0.3) is 0 Å². The summed E-state index contributed by atoms with van der Waals surface area (Å²) in [6.45, 7) is 5.78. The van der Waals surface area contributed by atoms with Crippen molar-refractivity contribution in [2.75, 3.05) is 27.3 Å². The number of amides is 1. The first-order valence-corrected chi connectivity index (χ1v) is 9.94. The number of halogens is 1. The Morgan fingerprint density at radius 3 is 2.45 bits per heavy atom. The second-order valence-electron chi connectivity index (χ2n) is 7.67. The normalized spacial score (nSPS) is 16.4. The standard InChI is InChI=1S/C23H29FN2O3/c1-15(2)23(27)25-13-20-19-12-22(29-4)21(28-3)11-17(19)9-10-26(20)14-16-5-7-18(24)8-6-16/h5-8,11-12,15,20H,9-10,13-14H2,1-4H3,(H,25,27)/t20-/m1/s1. The van der Waals surface area contributed by atoms with Crippen LogP contribution in [0.4, 0.5) is 4.39 Å². The predicted molar refractivity (Wildman–Crippen MR) is 111 cm³/mol. The number of carbonyl (C=O) groups is 1. The number of hydrogen-bond acceptors (Lipinski definition) is 4. The summed E-state index contributed by atoms with van der Waals surface area (Å²) in [4.78, 5) is 14.5. The lowest BCUT2D eigenvalue weighted by Gasteiger charge is -2.38. The van der Waals surface area contributed by atoms with E-state index in [2.05, 4.69) is 10.2 Å². The van der Waals surface area contributed by atoms with Gasteiger partial charge in [-0.1, -0.05) is 26.0 Å². The monoisotopic (exact) mass is 400 g/mol. The molecule has 2 aromatic rings. The average Bonchev–Trinajstić information content (AvgIpc) is 2.73. The van der Waals surface area contributed by atoms with Crippen LogP contribution < -0.4 is 14.8 Å². The molecule has 0 saturated carbocycles. The smallest absolute Gasteiger partial charge is 0.222 e. The highest BCUT2D eigenvalue weighted by Crippen LogP contribution is 2.38. The molecule has 1 atom stereocenters. The van der Waals surface area contributed by atoms with Crippen LogP contribution in [-0.2, 0) is 17.8 Å². The minimum absolute atomic E-state index is 0.00805. The van der Waals surface area contributed by atoms with Gasteiger partial charge in [-0.2, -0.15) is 0 Å². The number of ether oxygens (including phenoxy) is 2. The van der Waals surface area contributed by atoms with Crippen LogP contribution in [0.15, 0.2) is 36.4 Å². The third-order valence-electron chi connectivity index (χ3n) is 5.41. The first-order chi connectivity index (χ1) is 13.9. The molecule has 3 rings (SSSR count). The number of methoxy groups -OCH3 is 2. The molecule has 6 heteroatoms. The van der Waals surface area contributed by atoms with Crippen molar-refractivity contribution in [1.82, 2.24) is 10.2 Å². The van der Waals surface area contributed by atoms with Gasteiger partial charge < -0.3 is 14.8 Å². The van der Waals surface area contributed by atoms with Gasteiger partial charge in [0, 0.05) is 25.6 Å². The van der Waals surface area contributed by atoms with Crippen LogP contribution >= 0.6 is 0 Å². The van der Waals surface area contributed by atoms with E-state index in [4.69, 9.17) is 9.47 Å². The van der Waals surface area contributed by atoms with E-state index in [-0.39, 0.29) is 23.7 Å². The lowest BCUT2D eigenvalue weighted by Crippen LogP contribution is -2.42. The van der Waals surface area contributed by atoms with Gasteiger partial charge in [0.2, 0.25) is 5.91 Å². The molecule has 29 heavy (non-hydrogen) atoms. The Bertz CT molecular complexity index is 852. The molecule has 0 radical (unpaired) electrons. The van der Waals surface area contributed by atoms with Gasteiger partial charge in [-0.3, -0.25) is 9.69 Å². The van der Waals surface area contributed by atoms with Gasteiger partial charge in [0.15, 0.2) is 11.5 Å². The molecule has 156 valence electrons. The molecule has 2 aromatic carbocycles. The molecule has 1 N–H and O–H groups in total. The van der Waals surface area contributed by atoms with E-state index in [0.29, 0.717) is 24.6 Å². The molecule has 1 heterocycles. The largest absolute Gasteiger partial charge is 0.493 e. The van der Waals surface area contributed by atoms with Crippen LogP contribution in [0.1, 0.15) is 36.6 Å². The van der Waals surface area contributed by atoms with Crippen LogP contribution in [0.3, 0.4) is 0 Å². The molecule has 0 fully saturated rings. The van der Waals surface area contributed by atoms with E-state index in [9.17, 15) is 9.18 Å². The van der Waals surface area contributed by atoms with Crippen molar-refractivity contribution in [2.24, 2.45) is 5.92 Å². The maximum absolute atomic E-state index is 13.3. The van der Waals surface area contributed by atoms with Crippen molar-refractivity contribution < 1.29 is 18.7 Å². The van der Waals surface area contributed by atoms with Crippen molar-refractivity contribution in [3.8, 4) is 11.5 Å². The van der Waals surface area contributed by atoms with Gasteiger partial charge in [0.1, 0.15) is 5.82 Å². The van der Waals surface area contributed by atoms with E-state index in [1.807, 2.05) is 38.1 Å². The zero-order chi connectivity index (χ0) is 21.0. The predicted octanol–water partition coefficient (Wildman–Crippen LogP) is 3.71. The summed E-state index contributed by atoms with van der Waals surface area (Å²) in [7, 11) is 3.26. The Morgan fingerprint density at radius 2 is 1.83 bits per heavy atom. The summed E-state index contributed by atoms with van der Waals surface area (Å²) in [6.07, 6.45) is 0.867. The second kappa shape index (κ2) is 9.27. The number of rotatable bonds is 7. The summed E-state index contributed by atoms with van der Waals surface area (Å²) in [6, 6.07) is 10.6. The zero-order valence-corrected chi connectivity index (χ0v) is 17.5. The van der Waals surface area contributed by atoms with E-state index < -0.39 is 0 Å². The molecule has 1 amide bonds. The minimum atomic E-state index is -0.240. The van der Waals surface area contributed by atoms with Gasteiger partial charge in [0.25, 0.3) is 0 Å². The summed E-state index contributed by atoms with van der Waals surface area (Å²) in [5.41, 5.74) is 3.36. The Labute approximate surface area is 171 Å². The van der Waals surface area contributed by atoms with E-state index in [1.54, 1.807) is 14.2 Å². The maximum Gasteiger partial charge on any atom is 0.222 e.